The summed E-state index contributed by atoms with van der Waals surface area (Å²) in [6.45, 7) is 0. The van der Waals surface area contributed by atoms with E-state index in [2.05, 4.69) is 48.7 Å². The van der Waals surface area contributed by atoms with Gasteiger partial charge in [-0.2, -0.15) is 5.10 Å². The number of aromatic amines is 2. The Bertz CT molecular complexity index is 1380. The van der Waals surface area contributed by atoms with E-state index in [1.165, 1.54) is 0 Å². The molecule has 1 aromatic carbocycles. The smallest absolute Gasteiger partial charge is 0.227 e. The number of nitrogens with zero attached hydrogens (tertiary/aromatic N) is 3. The summed E-state index contributed by atoms with van der Waals surface area (Å²) in [5.74, 6) is 0.218. The maximum Gasteiger partial charge on any atom is 0.227 e. The summed E-state index contributed by atoms with van der Waals surface area (Å²) in [4.78, 5) is 24.3. The Labute approximate surface area is 171 Å². The molecule has 0 aliphatic heterocycles. The second-order valence-corrected chi connectivity index (χ2v) is 7.69. The minimum absolute atomic E-state index is 0.0680. The van der Waals surface area contributed by atoms with Gasteiger partial charge >= 0.3 is 0 Å². The van der Waals surface area contributed by atoms with Crippen LogP contribution < -0.4 is 5.32 Å². The molecule has 0 unspecified atom stereocenters. The standard InChI is InChI=1S/C23H18N6O/c30-23(13-5-6-13)26-17-7-15(10-24-12-17)16-8-18-21(28-29-22(18)25-11-16)20-9-14-3-1-2-4-19(14)27-20/h1-4,7-13,27H,5-6H2,(H,26,30)(H,25,28,29). The molecule has 7 nitrogen and oxygen atoms in total. The second-order valence-electron chi connectivity index (χ2n) is 7.69. The first kappa shape index (κ1) is 16.9. The van der Waals surface area contributed by atoms with Crippen molar-refractivity contribution in [2.24, 2.45) is 5.92 Å². The Morgan fingerprint density at radius 1 is 1.03 bits per heavy atom. The van der Waals surface area contributed by atoms with Crippen molar-refractivity contribution >= 4 is 33.5 Å². The number of benzene rings is 1. The molecule has 1 aliphatic rings. The van der Waals surface area contributed by atoms with Gasteiger partial charge in [0.25, 0.3) is 0 Å². The Balaban J connectivity index is 1.40. The summed E-state index contributed by atoms with van der Waals surface area (Å²) in [5.41, 5.74) is 6.05. The molecule has 1 amide bonds. The van der Waals surface area contributed by atoms with Crippen LogP contribution in [0.2, 0.25) is 0 Å². The average Bonchev–Trinajstić information content (AvgIpc) is 3.40. The minimum atomic E-state index is 0.0680. The van der Waals surface area contributed by atoms with Gasteiger partial charge in [-0.15, -0.1) is 0 Å². The fourth-order valence-corrected chi connectivity index (χ4v) is 3.72. The molecule has 5 aromatic rings. The van der Waals surface area contributed by atoms with Gasteiger partial charge in [0.2, 0.25) is 5.91 Å². The van der Waals surface area contributed by atoms with Gasteiger partial charge in [0.05, 0.1) is 17.6 Å². The predicted octanol–water partition coefficient (Wildman–Crippen LogP) is 4.52. The number of nitrogens with one attached hydrogen (secondary N) is 3. The van der Waals surface area contributed by atoms with Gasteiger partial charge in [-0.3, -0.25) is 14.9 Å². The molecule has 0 radical (unpaired) electrons. The third-order valence-corrected chi connectivity index (χ3v) is 5.49. The Kier molecular flexibility index (Phi) is 3.67. The van der Waals surface area contributed by atoms with Crippen LogP contribution >= 0.6 is 0 Å². The summed E-state index contributed by atoms with van der Waals surface area (Å²) >= 11 is 0. The molecule has 3 N–H and O–H groups in total. The maximum atomic E-state index is 12.1. The van der Waals surface area contributed by atoms with E-state index in [0.29, 0.717) is 5.69 Å². The van der Waals surface area contributed by atoms with Crippen LogP contribution in [0.25, 0.3) is 44.5 Å². The highest BCUT2D eigenvalue weighted by atomic mass is 16.2. The fraction of sp³-hybridized carbons (Fsp3) is 0.130. The number of carbonyl (C=O) groups is 1. The lowest BCUT2D eigenvalue weighted by atomic mass is 10.1. The van der Waals surface area contributed by atoms with E-state index < -0.39 is 0 Å². The molecule has 0 atom stereocenters. The molecule has 146 valence electrons. The zero-order chi connectivity index (χ0) is 20.1. The molecule has 0 saturated heterocycles. The summed E-state index contributed by atoms with van der Waals surface area (Å²) < 4.78 is 0. The van der Waals surface area contributed by atoms with Crippen molar-refractivity contribution in [3.63, 3.8) is 0 Å². The van der Waals surface area contributed by atoms with Crippen LogP contribution in [-0.4, -0.2) is 31.1 Å². The molecule has 0 spiro atoms. The molecule has 4 heterocycles. The second kappa shape index (κ2) is 6.52. The first-order chi connectivity index (χ1) is 14.7. The summed E-state index contributed by atoms with van der Waals surface area (Å²) in [6, 6.07) is 14.2. The number of hydrogen-bond donors (Lipinski definition) is 3. The Morgan fingerprint density at radius 2 is 1.90 bits per heavy atom. The van der Waals surface area contributed by atoms with E-state index >= 15 is 0 Å². The van der Waals surface area contributed by atoms with E-state index in [1.807, 2.05) is 24.3 Å². The average molecular weight is 394 g/mol. The molecule has 1 saturated carbocycles. The number of aromatic nitrogens is 5. The van der Waals surface area contributed by atoms with Crippen molar-refractivity contribution in [1.29, 1.82) is 0 Å². The number of amides is 1. The van der Waals surface area contributed by atoms with Gasteiger partial charge < -0.3 is 10.3 Å². The highest BCUT2D eigenvalue weighted by Crippen LogP contribution is 2.32. The van der Waals surface area contributed by atoms with Crippen molar-refractivity contribution in [1.82, 2.24) is 25.1 Å². The number of para-hydroxylation sites is 1. The topological polar surface area (TPSA) is 99.3 Å². The predicted molar refractivity (Wildman–Crippen MR) is 116 cm³/mol. The Hall–Kier alpha value is -4.00. The van der Waals surface area contributed by atoms with Crippen molar-refractivity contribution in [2.75, 3.05) is 5.32 Å². The largest absolute Gasteiger partial charge is 0.353 e. The highest BCUT2D eigenvalue weighted by molar-refractivity contribution is 5.97. The zero-order valence-corrected chi connectivity index (χ0v) is 16.0. The lowest BCUT2D eigenvalue weighted by Gasteiger charge is -2.07. The van der Waals surface area contributed by atoms with Crippen molar-refractivity contribution in [3.8, 4) is 22.5 Å². The number of hydrogen-bond acceptors (Lipinski definition) is 4. The van der Waals surface area contributed by atoms with Gasteiger partial charge in [0.1, 0.15) is 5.69 Å². The molecule has 30 heavy (non-hydrogen) atoms. The fourth-order valence-electron chi connectivity index (χ4n) is 3.72. The molecule has 1 aliphatic carbocycles. The van der Waals surface area contributed by atoms with Gasteiger partial charge in [0, 0.05) is 45.7 Å². The number of anilines is 1. The van der Waals surface area contributed by atoms with Crippen LogP contribution in [0.4, 0.5) is 5.69 Å². The van der Waals surface area contributed by atoms with Gasteiger partial charge in [-0.25, -0.2) is 4.98 Å². The van der Waals surface area contributed by atoms with Crippen molar-refractivity contribution < 1.29 is 4.79 Å². The lowest BCUT2D eigenvalue weighted by Crippen LogP contribution is -2.13. The van der Waals surface area contributed by atoms with E-state index in [9.17, 15) is 4.79 Å². The molecule has 4 aromatic heterocycles. The van der Waals surface area contributed by atoms with E-state index in [4.69, 9.17) is 0 Å². The third kappa shape index (κ3) is 2.91. The van der Waals surface area contributed by atoms with E-state index in [-0.39, 0.29) is 11.8 Å². The number of fused-ring (bicyclic) bond motifs is 2. The van der Waals surface area contributed by atoms with Gasteiger partial charge in [0.15, 0.2) is 5.65 Å². The molecule has 0 bridgehead atoms. The number of rotatable bonds is 4. The van der Waals surface area contributed by atoms with Crippen LogP contribution in [-0.2, 0) is 4.79 Å². The van der Waals surface area contributed by atoms with Crippen molar-refractivity contribution in [2.45, 2.75) is 12.8 Å². The molecular formula is C23H18N6O. The summed E-state index contributed by atoms with van der Waals surface area (Å²) in [6.07, 6.45) is 7.17. The highest BCUT2D eigenvalue weighted by Gasteiger charge is 2.29. The van der Waals surface area contributed by atoms with Crippen LogP contribution in [0.15, 0.2) is 61.1 Å². The van der Waals surface area contributed by atoms with E-state index in [0.717, 1.165) is 57.3 Å². The monoisotopic (exact) mass is 394 g/mol. The number of pyridine rings is 2. The van der Waals surface area contributed by atoms with Gasteiger partial charge in [-0.1, -0.05) is 18.2 Å². The number of carbonyl (C=O) groups excluding carboxylic acids is 1. The molecule has 1 fully saturated rings. The maximum absolute atomic E-state index is 12.1. The quantitative estimate of drug-likeness (QED) is 0.417. The molecule has 6 rings (SSSR count). The van der Waals surface area contributed by atoms with Gasteiger partial charge in [-0.05, 0) is 37.1 Å². The summed E-state index contributed by atoms with van der Waals surface area (Å²) in [7, 11) is 0. The third-order valence-electron chi connectivity index (χ3n) is 5.49. The van der Waals surface area contributed by atoms with E-state index in [1.54, 1.807) is 18.6 Å². The van der Waals surface area contributed by atoms with Crippen molar-refractivity contribution in [3.05, 3.63) is 61.1 Å². The summed E-state index contributed by atoms with van der Waals surface area (Å²) in [5, 5.41) is 12.5. The normalized spacial score (nSPS) is 13.7. The Morgan fingerprint density at radius 3 is 2.77 bits per heavy atom. The first-order valence-corrected chi connectivity index (χ1v) is 9.93. The van der Waals surface area contributed by atoms with Crippen LogP contribution in [0.1, 0.15) is 12.8 Å². The zero-order valence-electron chi connectivity index (χ0n) is 16.0. The minimum Gasteiger partial charge on any atom is -0.353 e. The lowest BCUT2D eigenvalue weighted by molar-refractivity contribution is -0.117. The van der Waals surface area contributed by atoms with Crippen LogP contribution in [0.5, 0.6) is 0 Å². The molecular weight excluding hydrogens is 376 g/mol. The SMILES string of the molecule is O=C(Nc1cncc(-c2cnc3[nH]nc(-c4cc5ccccc5[nH]4)c3c2)c1)C1CC1. The number of H-pyrrole nitrogens is 2. The first-order valence-electron chi connectivity index (χ1n) is 9.93. The van der Waals surface area contributed by atoms with Crippen LogP contribution in [0.3, 0.4) is 0 Å². The van der Waals surface area contributed by atoms with Crippen LogP contribution in [0, 0.1) is 5.92 Å². The molecule has 7 heteroatoms.